The van der Waals surface area contributed by atoms with Crippen LogP contribution in [0.4, 0.5) is 0 Å². The van der Waals surface area contributed by atoms with Gasteiger partial charge >= 0.3 is 0 Å². The summed E-state index contributed by atoms with van der Waals surface area (Å²) in [5, 5.41) is 10.8. The van der Waals surface area contributed by atoms with Crippen LogP contribution in [0.15, 0.2) is 45.8 Å². The van der Waals surface area contributed by atoms with Crippen LogP contribution < -0.4 is 0 Å². The lowest BCUT2D eigenvalue weighted by Gasteiger charge is -2.01. The summed E-state index contributed by atoms with van der Waals surface area (Å²) in [5.74, 6) is 0. The van der Waals surface area contributed by atoms with Crippen LogP contribution in [0.1, 0.15) is 19.3 Å². The fourth-order valence-corrected chi connectivity index (χ4v) is 3.19. The van der Waals surface area contributed by atoms with Gasteiger partial charge in [0.25, 0.3) is 5.70 Å². The fraction of sp³-hybridized carbons (Fsp3) is 0.273. The Morgan fingerprint density at radius 3 is 2.50 bits per heavy atom. The summed E-state index contributed by atoms with van der Waals surface area (Å²) < 4.78 is 12.1. The van der Waals surface area contributed by atoms with E-state index >= 15 is 0 Å². The molecule has 0 fully saturated rings. The molecule has 0 heterocycles. The van der Waals surface area contributed by atoms with E-state index in [-0.39, 0.29) is 5.70 Å². The summed E-state index contributed by atoms with van der Waals surface area (Å²) in [5.41, 5.74) is 0.141. The monoisotopic (exact) mass is 237 g/mol. The van der Waals surface area contributed by atoms with E-state index in [1.807, 2.05) is 6.07 Å². The minimum atomic E-state index is -1.37. The van der Waals surface area contributed by atoms with Crippen LogP contribution >= 0.6 is 0 Å². The van der Waals surface area contributed by atoms with E-state index in [1.165, 1.54) is 0 Å². The van der Waals surface area contributed by atoms with Gasteiger partial charge in [-0.3, -0.25) is 10.1 Å². The van der Waals surface area contributed by atoms with Gasteiger partial charge in [-0.2, -0.15) is 0 Å². The van der Waals surface area contributed by atoms with E-state index in [2.05, 4.69) is 0 Å². The zero-order valence-electron chi connectivity index (χ0n) is 8.59. The summed E-state index contributed by atoms with van der Waals surface area (Å²) in [7, 11) is -1.37. The van der Waals surface area contributed by atoms with Gasteiger partial charge in [-0.25, -0.2) is 4.21 Å². The molecule has 1 aromatic rings. The second-order valence-corrected chi connectivity index (χ2v) is 5.06. The number of rotatable bonds is 3. The maximum Gasteiger partial charge on any atom is 0.258 e. The van der Waals surface area contributed by atoms with Gasteiger partial charge in [-0.05, 0) is 25.0 Å². The minimum Gasteiger partial charge on any atom is -0.259 e. The molecule has 0 bridgehead atoms. The first-order valence-corrected chi connectivity index (χ1v) is 6.18. The average molecular weight is 237 g/mol. The molecule has 1 aliphatic carbocycles. The Morgan fingerprint density at radius 1 is 1.19 bits per heavy atom. The average Bonchev–Trinajstić information content (AvgIpc) is 2.78. The summed E-state index contributed by atoms with van der Waals surface area (Å²) in [4.78, 5) is 11.5. The maximum absolute atomic E-state index is 12.1. The molecule has 1 aromatic carbocycles. The molecule has 2 rings (SSSR count). The van der Waals surface area contributed by atoms with E-state index in [9.17, 15) is 14.3 Å². The van der Waals surface area contributed by atoms with Crippen LogP contribution in [-0.2, 0) is 10.8 Å². The number of hydrogen-bond acceptors (Lipinski definition) is 3. The van der Waals surface area contributed by atoms with Crippen molar-refractivity contribution in [2.75, 3.05) is 0 Å². The zero-order valence-corrected chi connectivity index (χ0v) is 9.40. The first-order valence-electron chi connectivity index (χ1n) is 5.03. The molecule has 4 nitrogen and oxygen atoms in total. The van der Waals surface area contributed by atoms with Gasteiger partial charge in [0, 0.05) is 11.3 Å². The molecule has 0 aliphatic heterocycles. The molecule has 0 spiro atoms. The molecule has 0 saturated heterocycles. The third kappa shape index (κ3) is 2.04. The van der Waals surface area contributed by atoms with E-state index < -0.39 is 15.7 Å². The first-order chi connectivity index (χ1) is 7.70. The predicted molar refractivity (Wildman–Crippen MR) is 60.7 cm³/mol. The molecule has 84 valence electrons. The Labute approximate surface area is 95.6 Å². The van der Waals surface area contributed by atoms with Crippen LogP contribution in [0.5, 0.6) is 0 Å². The smallest absolute Gasteiger partial charge is 0.258 e. The Hall–Kier alpha value is -1.49. The quantitative estimate of drug-likeness (QED) is 0.599. The van der Waals surface area contributed by atoms with Gasteiger partial charge in [-0.1, -0.05) is 18.2 Å². The van der Waals surface area contributed by atoms with E-state index in [0.717, 1.165) is 6.42 Å². The Morgan fingerprint density at radius 2 is 1.88 bits per heavy atom. The molecule has 5 heteroatoms. The van der Waals surface area contributed by atoms with Gasteiger partial charge < -0.3 is 0 Å². The highest BCUT2D eigenvalue weighted by molar-refractivity contribution is 7.89. The lowest BCUT2D eigenvalue weighted by Crippen LogP contribution is -2.02. The molecule has 0 saturated carbocycles. The molecule has 1 unspecified atom stereocenters. The van der Waals surface area contributed by atoms with Crippen molar-refractivity contribution in [3.8, 4) is 0 Å². The van der Waals surface area contributed by atoms with Crippen molar-refractivity contribution in [1.82, 2.24) is 0 Å². The molecular weight excluding hydrogens is 226 g/mol. The lowest BCUT2D eigenvalue weighted by molar-refractivity contribution is -0.427. The molecule has 1 atom stereocenters. The Bertz CT molecular complexity index is 467. The van der Waals surface area contributed by atoms with Crippen molar-refractivity contribution in [3.63, 3.8) is 0 Å². The van der Waals surface area contributed by atoms with Crippen molar-refractivity contribution < 1.29 is 9.13 Å². The van der Waals surface area contributed by atoms with E-state index in [1.54, 1.807) is 24.3 Å². The van der Waals surface area contributed by atoms with Crippen molar-refractivity contribution >= 4 is 10.8 Å². The number of nitro groups is 1. The molecule has 1 aliphatic rings. The first kappa shape index (κ1) is 11.0. The van der Waals surface area contributed by atoms with Crippen LogP contribution in [-0.4, -0.2) is 9.13 Å². The minimum absolute atomic E-state index is 0.141. The number of nitrogens with zero attached hydrogens (tertiary/aromatic N) is 1. The van der Waals surface area contributed by atoms with Gasteiger partial charge in [0.1, 0.15) is 0 Å². The highest BCUT2D eigenvalue weighted by Gasteiger charge is 2.28. The molecule has 0 radical (unpaired) electrons. The largest absolute Gasteiger partial charge is 0.259 e. The Balaban J connectivity index is 2.36. The van der Waals surface area contributed by atoms with Crippen LogP contribution in [0.2, 0.25) is 0 Å². The molecule has 0 aromatic heterocycles. The number of allylic oxidation sites excluding steroid dienone is 2. The second-order valence-electron chi connectivity index (χ2n) is 3.56. The zero-order chi connectivity index (χ0) is 11.5. The maximum atomic E-state index is 12.1. The highest BCUT2D eigenvalue weighted by atomic mass is 32.2. The van der Waals surface area contributed by atoms with Crippen LogP contribution in [0.25, 0.3) is 0 Å². The standard InChI is InChI=1S/C11H11NO3S/c13-12(14)10-7-4-8-11(10)16(15)9-5-2-1-3-6-9/h1-3,5-6H,4,7-8H2. The summed E-state index contributed by atoms with van der Waals surface area (Å²) in [6.07, 6.45) is 1.73. The summed E-state index contributed by atoms with van der Waals surface area (Å²) in [6.45, 7) is 0. The fourth-order valence-electron chi connectivity index (χ4n) is 1.78. The molecule has 0 N–H and O–H groups in total. The number of benzene rings is 1. The van der Waals surface area contributed by atoms with Gasteiger partial charge in [0.05, 0.1) is 20.6 Å². The molecular formula is C11H11NO3S. The lowest BCUT2D eigenvalue weighted by atomic mass is 10.3. The summed E-state index contributed by atoms with van der Waals surface area (Å²) in [6, 6.07) is 8.87. The van der Waals surface area contributed by atoms with Crippen LogP contribution in [0.3, 0.4) is 0 Å². The topological polar surface area (TPSA) is 60.2 Å². The van der Waals surface area contributed by atoms with Crippen molar-refractivity contribution in [1.29, 1.82) is 0 Å². The summed E-state index contributed by atoms with van der Waals surface area (Å²) >= 11 is 0. The van der Waals surface area contributed by atoms with Gasteiger partial charge in [0.15, 0.2) is 0 Å². The molecule has 0 amide bonds. The normalized spacial score (nSPS) is 17.5. The third-order valence-electron chi connectivity index (χ3n) is 2.54. The van der Waals surface area contributed by atoms with E-state index in [0.29, 0.717) is 22.6 Å². The van der Waals surface area contributed by atoms with Gasteiger partial charge in [-0.15, -0.1) is 0 Å². The molecule has 16 heavy (non-hydrogen) atoms. The second kappa shape index (κ2) is 4.57. The van der Waals surface area contributed by atoms with Crippen molar-refractivity contribution in [3.05, 3.63) is 51.0 Å². The third-order valence-corrected chi connectivity index (χ3v) is 4.13. The number of hydrogen-bond donors (Lipinski definition) is 0. The SMILES string of the molecule is O=[N+]([O-])C1=C(S(=O)c2ccccc2)CCC1. The highest BCUT2D eigenvalue weighted by Crippen LogP contribution is 2.31. The van der Waals surface area contributed by atoms with Gasteiger partial charge in [0.2, 0.25) is 0 Å². The predicted octanol–water partition coefficient (Wildman–Crippen LogP) is 2.47. The van der Waals surface area contributed by atoms with Crippen molar-refractivity contribution in [2.24, 2.45) is 0 Å². The van der Waals surface area contributed by atoms with Crippen LogP contribution in [0, 0.1) is 10.1 Å². The Kier molecular flexibility index (Phi) is 3.14. The van der Waals surface area contributed by atoms with Crippen molar-refractivity contribution in [2.45, 2.75) is 24.2 Å². The van der Waals surface area contributed by atoms with E-state index in [4.69, 9.17) is 0 Å².